The number of carbonyl (C=O) groups excluding carboxylic acids is 1. The SMILES string of the molecule is O=C(Cn1c(=O)n(Cc2ccc(F)cc2)c(=O)c2sccc21)Nc1ccc2c(c1)CCC2. The lowest BCUT2D eigenvalue weighted by atomic mass is 10.1. The van der Waals surface area contributed by atoms with Gasteiger partial charge in [-0.3, -0.25) is 18.7 Å². The number of carbonyl (C=O) groups is 1. The number of nitrogens with one attached hydrogen (secondary N) is 1. The van der Waals surface area contributed by atoms with Crippen molar-refractivity contribution in [3.8, 4) is 0 Å². The van der Waals surface area contributed by atoms with Crippen LogP contribution in [-0.2, 0) is 30.7 Å². The highest BCUT2D eigenvalue weighted by atomic mass is 32.1. The zero-order valence-electron chi connectivity index (χ0n) is 17.1. The van der Waals surface area contributed by atoms with E-state index in [4.69, 9.17) is 0 Å². The number of nitrogens with zero attached hydrogens (tertiary/aromatic N) is 2. The van der Waals surface area contributed by atoms with Gasteiger partial charge in [-0.1, -0.05) is 18.2 Å². The topological polar surface area (TPSA) is 73.1 Å². The number of thiophene rings is 1. The van der Waals surface area contributed by atoms with Crippen LogP contribution in [0.15, 0.2) is 63.5 Å². The predicted octanol–water partition coefficient (Wildman–Crippen LogP) is 3.54. The lowest BCUT2D eigenvalue weighted by Gasteiger charge is -2.13. The molecule has 0 fully saturated rings. The summed E-state index contributed by atoms with van der Waals surface area (Å²) in [6.07, 6.45) is 3.18. The Labute approximate surface area is 186 Å². The molecule has 2 heterocycles. The highest BCUT2D eigenvalue weighted by Crippen LogP contribution is 2.25. The minimum atomic E-state index is -0.575. The Morgan fingerprint density at radius 1 is 1.00 bits per heavy atom. The highest BCUT2D eigenvalue weighted by Gasteiger charge is 2.17. The fraction of sp³-hybridized carbons (Fsp3) is 0.208. The van der Waals surface area contributed by atoms with Crippen LogP contribution in [0.2, 0.25) is 0 Å². The van der Waals surface area contributed by atoms with Gasteiger partial charge in [0.15, 0.2) is 0 Å². The standard InChI is InChI=1S/C24H20FN3O3S/c25-18-7-4-15(5-8-18)13-28-23(30)22-20(10-11-32-22)27(24(28)31)14-21(29)26-19-9-6-16-2-1-3-17(16)12-19/h4-12H,1-3,13-14H2,(H,26,29). The van der Waals surface area contributed by atoms with Gasteiger partial charge in [0.2, 0.25) is 5.91 Å². The normalized spacial score (nSPS) is 12.8. The Balaban J connectivity index is 1.47. The van der Waals surface area contributed by atoms with Gasteiger partial charge in [0.25, 0.3) is 5.56 Å². The molecule has 0 radical (unpaired) electrons. The van der Waals surface area contributed by atoms with Crippen molar-refractivity contribution in [1.29, 1.82) is 0 Å². The fourth-order valence-electron chi connectivity index (χ4n) is 4.19. The molecule has 0 unspecified atom stereocenters. The third-order valence-electron chi connectivity index (χ3n) is 5.77. The molecule has 4 aromatic rings. The molecule has 32 heavy (non-hydrogen) atoms. The number of aromatic nitrogens is 2. The molecule has 0 bridgehead atoms. The molecule has 6 nitrogen and oxygen atoms in total. The first-order chi connectivity index (χ1) is 15.5. The van der Waals surface area contributed by atoms with Gasteiger partial charge in [-0.05, 0) is 71.7 Å². The number of benzene rings is 2. The van der Waals surface area contributed by atoms with Gasteiger partial charge in [0.05, 0.1) is 12.1 Å². The van der Waals surface area contributed by atoms with Crippen molar-refractivity contribution >= 4 is 33.1 Å². The third-order valence-corrected chi connectivity index (χ3v) is 6.67. The summed E-state index contributed by atoms with van der Waals surface area (Å²) in [4.78, 5) is 38.9. The van der Waals surface area contributed by atoms with E-state index < -0.39 is 17.1 Å². The van der Waals surface area contributed by atoms with E-state index in [2.05, 4.69) is 5.32 Å². The van der Waals surface area contributed by atoms with Gasteiger partial charge in [-0.25, -0.2) is 9.18 Å². The molecule has 2 aromatic carbocycles. The molecule has 8 heteroatoms. The van der Waals surface area contributed by atoms with Crippen LogP contribution in [0, 0.1) is 5.82 Å². The molecular formula is C24H20FN3O3S. The monoisotopic (exact) mass is 449 g/mol. The van der Waals surface area contributed by atoms with Crippen LogP contribution < -0.4 is 16.6 Å². The van der Waals surface area contributed by atoms with Crippen LogP contribution in [0.1, 0.15) is 23.1 Å². The second-order valence-electron chi connectivity index (χ2n) is 7.91. The molecular weight excluding hydrogens is 429 g/mol. The van der Waals surface area contributed by atoms with E-state index in [1.165, 1.54) is 51.3 Å². The van der Waals surface area contributed by atoms with E-state index in [1.54, 1.807) is 11.4 Å². The van der Waals surface area contributed by atoms with Crippen molar-refractivity contribution in [2.45, 2.75) is 32.4 Å². The summed E-state index contributed by atoms with van der Waals surface area (Å²) >= 11 is 1.22. The maximum Gasteiger partial charge on any atom is 0.332 e. The molecule has 1 amide bonds. The molecule has 1 aliphatic rings. The van der Waals surface area contributed by atoms with Crippen molar-refractivity contribution < 1.29 is 9.18 Å². The van der Waals surface area contributed by atoms with E-state index in [-0.39, 0.29) is 19.0 Å². The molecule has 1 aliphatic carbocycles. The molecule has 0 saturated heterocycles. The number of fused-ring (bicyclic) bond motifs is 2. The summed E-state index contributed by atoms with van der Waals surface area (Å²) in [6, 6.07) is 13.2. The number of amides is 1. The molecule has 0 saturated carbocycles. The molecule has 2 aromatic heterocycles. The Morgan fingerprint density at radius 2 is 1.78 bits per heavy atom. The van der Waals surface area contributed by atoms with E-state index in [1.807, 2.05) is 18.2 Å². The van der Waals surface area contributed by atoms with Gasteiger partial charge in [-0.15, -0.1) is 11.3 Å². The average Bonchev–Trinajstić information content (AvgIpc) is 3.45. The minimum Gasteiger partial charge on any atom is -0.325 e. The Kier molecular flexibility index (Phi) is 5.22. The summed E-state index contributed by atoms with van der Waals surface area (Å²) < 4.78 is 16.0. The summed E-state index contributed by atoms with van der Waals surface area (Å²) in [5.74, 6) is -0.736. The lowest BCUT2D eigenvalue weighted by molar-refractivity contribution is -0.116. The van der Waals surface area contributed by atoms with Crippen LogP contribution in [0.3, 0.4) is 0 Å². The smallest absolute Gasteiger partial charge is 0.325 e. The zero-order valence-corrected chi connectivity index (χ0v) is 18.0. The van der Waals surface area contributed by atoms with Crippen LogP contribution in [-0.4, -0.2) is 15.0 Å². The number of hydrogen-bond donors (Lipinski definition) is 1. The fourth-order valence-corrected chi connectivity index (χ4v) is 5.03. The quantitative estimate of drug-likeness (QED) is 0.507. The van der Waals surface area contributed by atoms with Crippen molar-refractivity contribution in [2.75, 3.05) is 5.32 Å². The number of halogens is 1. The molecule has 5 rings (SSSR count). The van der Waals surface area contributed by atoms with Crippen LogP contribution in [0.4, 0.5) is 10.1 Å². The third kappa shape index (κ3) is 3.78. The predicted molar refractivity (Wildman–Crippen MR) is 123 cm³/mol. The Hall–Kier alpha value is -3.52. The maximum atomic E-state index is 13.2. The minimum absolute atomic E-state index is 0.00176. The summed E-state index contributed by atoms with van der Waals surface area (Å²) in [6.45, 7) is -0.217. The van der Waals surface area contributed by atoms with Gasteiger partial charge < -0.3 is 5.32 Å². The van der Waals surface area contributed by atoms with Crippen molar-refractivity contribution in [3.63, 3.8) is 0 Å². The van der Waals surface area contributed by atoms with Crippen molar-refractivity contribution in [3.05, 3.63) is 97.3 Å². The molecule has 0 atom stereocenters. The van der Waals surface area contributed by atoms with E-state index in [0.29, 0.717) is 21.5 Å². The van der Waals surface area contributed by atoms with Gasteiger partial charge in [0, 0.05) is 5.69 Å². The number of rotatable bonds is 5. The largest absolute Gasteiger partial charge is 0.332 e. The highest BCUT2D eigenvalue weighted by molar-refractivity contribution is 7.17. The molecule has 0 spiro atoms. The number of aryl methyl sites for hydroxylation is 2. The lowest BCUT2D eigenvalue weighted by Crippen LogP contribution is -2.41. The average molecular weight is 450 g/mol. The number of hydrogen-bond acceptors (Lipinski definition) is 4. The Morgan fingerprint density at radius 3 is 2.59 bits per heavy atom. The molecule has 0 aliphatic heterocycles. The van der Waals surface area contributed by atoms with E-state index >= 15 is 0 Å². The summed E-state index contributed by atoms with van der Waals surface area (Å²) in [7, 11) is 0. The van der Waals surface area contributed by atoms with Crippen LogP contribution in [0.5, 0.6) is 0 Å². The van der Waals surface area contributed by atoms with Crippen molar-refractivity contribution in [2.24, 2.45) is 0 Å². The molecule has 1 N–H and O–H groups in total. The molecule has 162 valence electrons. The summed E-state index contributed by atoms with van der Waals surface area (Å²) in [5.41, 5.74) is 3.32. The van der Waals surface area contributed by atoms with Gasteiger partial charge in [0.1, 0.15) is 17.1 Å². The zero-order chi connectivity index (χ0) is 22.2. The first-order valence-corrected chi connectivity index (χ1v) is 11.2. The van der Waals surface area contributed by atoms with E-state index in [9.17, 15) is 18.8 Å². The second-order valence-corrected chi connectivity index (χ2v) is 8.82. The summed E-state index contributed by atoms with van der Waals surface area (Å²) in [5, 5.41) is 4.59. The Bertz CT molecular complexity index is 1450. The van der Waals surface area contributed by atoms with Gasteiger partial charge >= 0.3 is 5.69 Å². The first-order valence-electron chi connectivity index (χ1n) is 10.4. The van der Waals surface area contributed by atoms with E-state index in [0.717, 1.165) is 23.8 Å². The van der Waals surface area contributed by atoms with Crippen molar-refractivity contribution in [1.82, 2.24) is 9.13 Å². The second kappa shape index (κ2) is 8.20. The van der Waals surface area contributed by atoms with Crippen LogP contribution >= 0.6 is 11.3 Å². The van der Waals surface area contributed by atoms with Crippen LogP contribution in [0.25, 0.3) is 10.2 Å². The first kappa shape index (κ1) is 20.4. The maximum absolute atomic E-state index is 13.2. The number of anilines is 1. The van der Waals surface area contributed by atoms with Gasteiger partial charge in [-0.2, -0.15) is 0 Å².